The Bertz CT molecular complexity index is 1990. The molecular weight excluding hydrogens is 450 g/mol. The summed E-state index contributed by atoms with van der Waals surface area (Å²) >= 11 is 0. The lowest BCUT2D eigenvalue weighted by Crippen LogP contribution is -2.14. The van der Waals surface area contributed by atoms with Crippen LogP contribution in [-0.4, -0.2) is 14.5 Å². The highest BCUT2D eigenvalue weighted by molar-refractivity contribution is 6.23. The molecule has 3 aromatic heterocycles. The first kappa shape index (κ1) is 20.6. The lowest BCUT2D eigenvalue weighted by atomic mass is 9.81. The number of H-pyrrole nitrogens is 1. The van der Waals surface area contributed by atoms with E-state index in [1.807, 2.05) is 18.5 Å². The van der Waals surface area contributed by atoms with Gasteiger partial charge < -0.3 is 9.55 Å². The van der Waals surface area contributed by atoms with E-state index < -0.39 is 0 Å². The van der Waals surface area contributed by atoms with Crippen LogP contribution in [0, 0.1) is 0 Å². The van der Waals surface area contributed by atoms with Gasteiger partial charge in [0.2, 0.25) is 0 Å². The van der Waals surface area contributed by atoms with E-state index in [9.17, 15) is 0 Å². The van der Waals surface area contributed by atoms with E-state index in [1.165, 1.54) is 60.8 Å². The van der Waals surface area contributed by atoms with E-state index in [2.05, 4.69) is 119 Å². The van der Waals surface area contributed by atoms with Crippen LogP contribution < -0.4 is 0 Å². The number of para-hydroxylation sites is 1. The molecule has 0 saturated carbocycles. The van der Waals surface area contributed by atoms with Crippen LogP contribution in [-0.2, 0) is 5.41 Å². The van der Waals surface area contributed by atoms with E-state index >= 15 is 0 Å². The maximum absolute atomic E-state index is 4.36. The van der Waals surface area contributed by atoms with Crippen molar-refractivity contribution in [3.05, 3.63) is 121 Å². The number of nitrogens with zero attached hydrogens (tertiary/aromatic N) is 2. The first-order valence-electron chi connectivity index (χ1n) is 12.8. The molecule has 0 fully saturated rings. The summed E-state index contributed by atoms with van der Waals surface area (Å²) in [4.78, 5) is 8.07. The van der Waals surface area contributed by atoms with Gasteiger partial charge in [0, 0.05) is 61.8 Å². The fourth-order valence-corrected chi connectivity index (χ4v) is 6.56. The van der Waals surface area contributed by atoms with Crippen molar-refractivity contribution in [1.82, 2.24) is 14.5 Å². The molecule has 176 valence electrons. The van der Waals surface area contributed by atoms with Crippen molar-refractivity contribution in [2.45, 2.75) is 19.3 Å². The minimum absolute atomic E-state index is 0.122. The van der Waals surface area contributed by atoms with Gasteiger partial charge in [0.05, 0.1) is 11.2 Å². The maximum atomic E-state index is 4.36. The number of fused-ring (bicyclic) bond motifs is 9. The highest BCUT2D eigenvalue weighted by Crippen LogP contribution is 2.55. The van der Waals surface area contributed by atoms with Crippen molar-refractivity contribution in [2.75, 3.05) is 0 Å². The summed E-state index contributed by atoms with van der Waals surface area (Å²) in [5, 5.41) is 3.89. The van der Waals surface area contributed by atoms with Crippen LogP contribution >= 0.6 is 0 Å². The second kappa shape index (κ2) is 7.21. The van der Waals surface area contributed by atoms with Gasteiger partial charge in [-0.1, -0.05) is 68.4 Å². The Morgan fingerprint density at radius 2 is 1.54 bits per heavy atom. The molecule has 0 unspecified atom stereocenters. The molecule has 0 bridgehead atoms. The van der Waals surface area contributed by atoms with E-state index in [0.717, 1.165) is 11.1 Å². The Balaban J connectivity index is 1.57. The summed E-state index contributed by atoms with van der Waals surface area (Å²) in [6.45, 7) is 4.75. The van der Waals surface area contributed by atoms with Gasteiger partial charge >= 0.3 is 0 Å². The molecule has 1 aliphatic carbocycles. The molecule has 8 rings (SSSR count). The first-order valence-corrected chi connectivity index (χ1v) is 12.8. The van der Waals surface area contributed by atoms with Gasteiger partial charge in [0.25, 0.3) is 0 Å². The largest absolute Gasteiger partial charge is 0.354 e. The minimum Gasteiger partial charge on any atom is -0.354 e. The smallest absolute Gasteiger partial charge is 0.0585 e. The molecule has 0 spiro atoms. The molecule has 0 amide bonds. The van der Waals surface area contributed by atoms with Crippen molar-refractivity contribution in [1.29, 1.82) is 0 Å². The third-order valence-electron chi connectivity index (χ3n) is 8.18. The lowest BCUT2D eigenvalue weighted by Gasteiger charge is -2.21. The average Bonchev–Trinajstić information content (AvgIpc) is 3.56. The maximum Gasteiger partial charge on any atom is 0.0585 e. The number of rotatable bonds is 2. The van der Waals surface area contributed by atoms with Gasteiger partial charge in [-0.15, -0.1) is 0 Å². The zero-order valence-electron chi connectivity index (χ0n) is 20.8. The van der Waals surface area contributed by atoms with Crippen molar-refractivity contribution >= 4 is 32.7 Å². The number of aromatic nitrogens is 3. The summed E-state index contributed by atoms with van der Waals surface area (Å²) < 4.78 is 2.47. The van der Waals surface area contributed by atoms with Gasteiger partial charge in [0.1, 0.15) is 0 Å². The number of benzene rings is 4. The zero-order chi connectivity index (χ0) is 24.7. The standard InChI is InChI=1S/C34H25N3/c1-34(2)26-13-7-6-12-24(26)33-32(34)31-29(37(33)23-10-4-3-5-11-23)17-16-28-30(31)25-19-21(14-15-27(25)36-28)22-9-8-18-35-20-22/h3-20,36H,1-2H3. The van der Waals surface area contributed by atoms with Crippen LogP contribution in [0.25, 0.3) is 60.8 Å². The van der Waals surface area contributed by atoms with Crippen molar-refractivity contribution in [3.8, 4) is 28.1 Å². The quantitative estimate of drug-likeness (QED) is 0.267. The first-order chi connectivity index (χ1) is 18.1. The summed E-state index contributed by atoms with van der Waals surface area (Å²) in [5.74, 6) is 0. The molecule has 0 aliphatic heterocycles. The molecule has 0 atom stereocenters. The molecule has 3 heteroatoms. The summed E-state index contributed by atoms with van der Waals surface area (Å²) in [6, 6.07) is 35.1. The molecule has 3 nitrogen and oxygen atoms in total. The van der Waals surface area contributed by atoms with Gasteiger partial charge in [-0.3, -0.25) is 4.98 Å². The molecule has 37 heavy (non-hydrogen) atoms. The van der Waals surface area contributed by atoms with Gasteiger partial charge in [-0.2, -0.15) is 0 Å². The SMILES string of the molecule is CC1(C)c2ccccc2-c2c1c1c3c(ccc1n2-c1ccccc1)[nH]c1ccc(-c2cccnc2)cc13. The van der Waals surface area contributed by atoms with E-state index in [1.54, 1.807) is 0 Å². The van der Waals surface area contributed by atoms with Crippen molar-refractivity contribution in [2.24, 2.45) is 0 Å². The van der Waals surface area contributed by atoms with Crippen LogP contribution in [0.4, 0.5) is 0 Å². The van der Waals surface area contributed by atoms with Crippen LogP contribution in [0.15, 0.2) is 109 Å². The zero-order valence-corrected chi connectivity index (χ0v) is 20.8. The Morgan fingerprint density at radius 3 is 2.38 bits per heavy atom. The van der Waals surface area contributed by atoms with Crippen molar-refractivity contribution < 1.29 is 0 Å². The highest BCUT2D eigenvalue weighted by atomic mass is 15.0. The Labute approximate surface area is 215 Å². The average molecular weight is 476 g/mol. The molecule has 7 aromatic rings. The second-order valence-corrected chi connectivity index (χ2v) is 10.6. The summed E-state index contributed by atoms with van der Waals surface area (Å²) in [7, 11) is 0. The molecule has 1 N–H and O–H groups in total. The number of hydrogen-bond acceptors (Lipinski definition) is 1. The van der Waals surface area contributed by atoms with Gasteiger partial charge in [0.15, 0.2) is 0 Å². The third kappa shape index (κ3) is 2.69. The molecular formula is C34H25N3. The monoisotopic (exact) mass is 475 g/mol. The molecule has 0 radical (unpaired) electrons. The Morgan fingerprint density at radius 1 is 0.730 bits per heavy atom. The Hall–Kier alpha value is -4.63. The van der Waals surface area contributed by atoms with Gasteiger partial charge in [-0.05, 0) is 59.2 Å². The Kier molecular flexibility index (Phi) is 4.00. The van der Waals surface area contributed by atoms with Crippen LogP contribution in [0.5, 0.6) is 0 Å². The normalized spacial score (nSPS) is 13.9. The number of hydrogen-bond donors (Lipinski definition) is 1. The minimum atomic E-state index is -0.122. The van der Waals surface area contributed by atoms with Gasteiger partial charge in [-0.25, -0.2) is 0 Å². The summed E-state index contributed by atoms with van der Waals surface area (Å²) in [5.41, 5.74) is 12.4. The third-order valence-corrected chi connectivity index (χ3v) is 8.18. The fraction of sp³-hybridized carbons (Fsp3) is 0.0882. The summed E-state index contributed by atoms with van der Waals surface area (Å²) in [6.07, 6.45) is 3.77. The highest BCUT2D eigenvalue weighted by Gasteiger charge is 2.41. The lowest BCUT2D eigenvalue weighted by molar-refractivity contribution is 0.666. The van der Waals surface area contributed by atoms with Crippen molar-refractivity contribution in [3.63, 3.8) is 0 Å². The van der Waals surface area contributed by atoms with Crippen LogP contribution in [0.1, 0.15) is 25.0 Å². The van der Waals surface area contributed by atoms with E-state index in [4.69, 9.17) is 0 Å². The molecule has 0 saturated heterocycles. The molecule has 3 heterocycles. The number of nitrogens with one attached hydrogen (secondary N) is 1. The second-order valence-electron chi connectivity index (χ2n) is 10.6. The number of aromatic amines is 1. The molecule has 1 aliphatic rings. The van der Waals surface area contributed by atoms with E-state index in [0.29, 0.717) is 0 Å². The fourth-order valence-electron chi connectivity index (χ4n) is 6.56. The molecule has 4 aromatic carbocycles. The number of pyridine rings is 1. The van der Waals surface area contributed by atoms with Crippen LogP contribution in [0.3, 0.4) is 0 Å². The van der Waals surface area contributed by atoms with Crippen LogP contribution in [0.2, 0.25) is 0 Å². The topological polar surface area (TPSA) is 33.6 Å². The van der Waals surface area contributed by atoms with E-state index in [-0.39, 0.29) is 5.41 Å². The predicted octanol–water partition coefficient (Wildman–Crippen LogP) is 8.63. The predicted molar refractivity (Wildman–Crippen MR) is 153 cm³/mol.